The Kier molecular flexibility index (Phi) is 4.02. The summed E-state index contributed by atoms with van der Waals surface area (Å²) in [7, 11) is 0. The van der Waals surface area contributed by atoms with E-state index in [0.29, 0.717) is 0 Å². The van der Waals surface area contributed by atoms with Crippen LogP contribution in [0.2, 0.25) is 0 Å². The molecule has 92 valence electrons. The molecule has 3 nitrogen and oxygen atoms in total. The molecule has 1 fully saturated rings. The maximum absolute atomic E-state index is 4.47. The van der Waals surface area contributed by atoms with E-state index in [1.807, 2.05) is 6.08 Å². The zero-order valence-electron chi connectivity index (χ0n) is 10.6. The van der Waals surface area contributed by atoms with Crippen LogP contribution >= 0.6 is 0 Å². The number of rotatable bonds is 3. The predicted molar refractivity (Wildman–Crippen MR) is 73.3 cm³/mol. The van der Waals surface area contributed by atoms with E-state index < -0.39 is 0 Å². The number of aromatic nitrogens is 2. The highest BCUT2D eigenvalue weighted by atomic mass is 15.3. The van der Waals surface area contributed by atoms with Gasteiger partial charge in [-0.05, 0) is 31.8 Å². The number of allylic oxidation sites excluding steroid dienone is 1. The van der Waals surface area contributed by atoms with Gasteiger partial charge in [0.15, 0.2) is 5.82 Å². The number of aromatic amines is 1. The number of H-pyrrole nitrogens is 1. The van der Waals surface area contributed by atoms with Gasteiger partial charge < -0.3 is 4.90 Å². The van der Waals surface area contributed by atoms with Gasteiger partial charge in [-0.15, -0.1) is 0 Å². The normalized spacial score (nSPS) is 18.8. The van der Waals surface area contributed by atoms with Gasteiger partial charge in [0, 0.05) is 18.3 Å². The number of nitrogens with one attached hydrogen (secondary N) is 1. The summed E-state index contributed by atoms with van der Waals surface area (Å²) >= 11 is 0. The van der Waals surface area contributed by atoms with E-state index in [1.165, 1.54) is 24.5 Å². The van der Waals surface area contributed by atoms with Crippen molar-refractivity contribution in [3.05, 3.63) is 23.2 Å². The molecular weight excluding hydrogens is 210 g/mol. The Morgan fingerprint density at radius 2 is 2.12 bits per heavy atom. The Bertz CT molecular complexity index is 478. The van der Waals surface area contributed by atoms with Crippen molar-refractivity contribution in [3.63, 3.8) is 0 Å². The lowest BCUT2D eigenvalue weighted by atomic mass is 10.1. The molecular formula is C14H21N3. The van der Waals surface area contributed by atoms with E-state index in [0.717, 1.165) is 30.7 Å². The first-order valence-electron chi connectivity index (χ1n) is 6.49. The molecule has 1 saturated heterocycles. The Balaban J connectivity index is 2.43. The molecule has 0 aliphatic carbocycles. The average molecular weight is 231 g/mol. The summed E-state index contributed by atoms with van der Waals surface area (Å²) in [5.41, 5.74) is 0. The largest absolute Gasteiger partial charge is 0.355 e. The zero-order chi connectivity index (χ0) is 12.1. The molecule has 0 saturated carbocycles. The maximum Gasteiger partial charge on any atom is 0.158 e. The molecule has 0 bridgehead atoms. The number of piperidine rings is 1. The smallest absolute Gasteiger partial charge is 0.158 e. The van der Waals surface area contributed by atoms with Gasteiger partial charge in [-0.3, -0.25) is 5.10 Å². The van der Waals surface area contributed by atoms with Crippen molar-refractivity contribution in [1.82, 2.24) is 10.2 Å². The monoisotopic (exact) mass is 231 g/mol. The van der Waals surface area contributed by atoms with Gasteiger partial charge in [-0.25, -0.2) is 0 Å². The average Bonchev–Trinajstić information content (AvgIpc) is 2.75. The molecule has 0 atom stereocenters. The fourth-order valence-electron chi connectivity index (χ4n) is 2.34. The van der Waals surface area contributed by atoms with Crippen molar-refractivity contribution in [2.45, 2.75) is 32.6 Å². The number of hydrogen-bond acceptors (Lipinski definition) is 2. The molecule has 0 unspecified atom stereocenters. The third kappa shape index (κ3) is 2.60. The molecule has 3 heteroatoms. The molecule has 1 aromatic heterocycles. The van der Waals surface area contributed by atoms with Gasteiger partial charge in [-0.1, -0.05) is 25.7 Å². The zero-order valence-corrected chi connectivity index (χ0v) is 10.6. The van der Waals surface area contributed by atoms with E-state index in [4.69, 9.17) is 0 Å². The Labute approximate surface area is 103 Å². The molecule has 0 aromatic carbocycles. The predicted octanol–water partition coefficient (Wildman–Crippen LogP) is 1.56. The number of nitrogens with zero attached hydrogens (tertiary/aromatic N) is 2. The van der Waals surface area contributed by atoms with Crippen molar-refractivity contribution in [1.29, 1.82) is 0 Å². The van der Waals surface area contributed by atoms with Crippen LogP contribution in [0.1, 0.15) is 32.6 Å². The maximum atomic E-state index is 4.47. The summed E-state index contributed by atoms with van der Waals surface area (Å²) in [5, 5.41) is 9.90. The SMILES string of the molecule is C=C/C=c1/c(N2CCCCC2)n[nH]/c1=C/CC. The summed E-state index contributed by atoms with van der Waals surface area (Å²) in [6.45, 7) is 8.17. The second-order valence-corrected chi connectivity index (χ2v) is 4.44. The fraction of sp³-hybridized carbons (Fsp3) is 0.500. The number of hydrogen-bond donors (Lipinski definition) is 1. The van der Waals surface area contributed by atoms with Crippen molar-refractivity contribution in [2.24, 2.45) is 0 Å². The van der Waals surface area contributed by atoms with Crippen LogP contribution in [0.25, 0.3) is 12.2 Å². The first kappa shape index (κ1) is 12.0. The minimum absolute atomic E-state index is 1.01. The standard InChI is InChI=1S/C14H21N3/c1-3-8-12-13(9-4-2)15-16-14(12)17-10-6-5-7-11-17/h3,8-9,15H,1,4-7,10-11H2,2H3/b12-8+,13-9+. The van der Waals surface area contributed by atoms with Crippen molar-refractivity contribution < 1.29 is 0 Å². The summed E-state index contributed by atoms with van der Waals surface area (Å²) in [6.07, 6.45) is 11.0. The Morgan fingerprint density at radius 1 is 1.35 bits per heavy atom. The van der Waals surface area contributed by atoms with Crippen LogP contribution < -0.4 is 15.5 Å². The van der Waals surface area contributed by atoms with Crippen LogP contribution in [0.4, 0.5) is 5.82 Å². The summed E-state index contributed by atoms with van der Waals surface area (Å²) < 4.78 is 0. The Morgan fingerprint density at radius 3 is 2.76 bits per heavy atom. The van der Waals surface area contributed by atoms with Crippen molar-refractivity contribution in [2.75, 3.05) is 18.0 Å². The Hall–Kier alpha value is -1.51. The first-order chi connectivity index (χ1) is 8.36. The van der Waals surface area contributed by atoms with Crippen LogP contribution in [0, 0.1) is 0 Å². The molecule has 1 aliphatic heterocycles. The topological polar surface area (TPSA) is 31.9 Å². The number of anilines is 1. The second kappa shape index (κ2) is 5.71. The highest BCUT2D eigenvalue weighted by Gasteiger charge is 2.14. The van der Waals surface area contributed by atoms with Gasteiger partial charge in [0.05, 0.1) is 5.35 Å². The summed E-state index contributed by atoms with van der Waals surface area (Å²) in [6, 6.07) is 0. The van der Waals surface area contributed by atoms with E-state index in [-0.39, 0.29) is 0 Å². The lowest BCUT2D eigenvalue weighted by Gasteiger charge is -2.26. The van der Waals surface area contributed by atoms with Crippen LogP contribution in [-0.4, -0.2) is 23.3 Å². The van der Waals surface area contributed by atoms with E-state index in [9.17, 15) is 0 Å². The molecule has 0 spiro atoms. The van der Waals surface area contributed by atoms with Gasteiger partial charge in [-0.2, -0.15) is 5.10 Å². The van der Waals surface area contributed by atoms with E-state index in [1.54, 1.807) is 0 Å². The lowest BCUT2D eigenvalue weighted by molar-refractivity contribution is 0.572. The van der Waals surface area contributed by atoms with Gasteiger partial charge in [0.25, 0.3) is 0 Å². The molecule has 2 rings (SSSR count). The quantitative estimate of drug-likeness (QED) is 0.856. The minimum atomic E-state index is 1.01. The third-order valence-corrected chi connectivity index (χ3v) is 3.16. The first-order valence-corrected chi connectivity index (χ1v) is 6.49. The fourth-order valence-corrected chi connectivity index (χ4v) is 2.34. The highest BCUT2D eigenvalue weighted by molar-refractivity contribution is 5.50. The molecule has 17 heavy (non-hydrogen) atoms. The van der Waals surface area contributed by atoms with E-state index >= 15 is 0 Å². The van der Waals surface area contributed by atoms with Crippen molar-refractivity contribution in [3.8, 4) is 0 Å². The minimum Gasteiger partial charge on any atom is -0.355 e. The molecule has 1 N–H and O–H groups in total. The van der Waals surface area contributed by atoms with Crippen molar-refractivity contribution >= 4 is 18.0 Å². The molecule has 2 heterocycles. The molecule has 1 aliphatic rings. The molecule has 1 aromatic rings. The van der Waals surface area contributed by atoms with Crippen LogP contribution in [0.3, 0.4) is 0 Å². The van der Waals surface area contributed by atoms with Crippen LogP contribution in [0.15, 0.2) is 12.7 Å². The van der Waals surface area contributed by atoms with Gasteiger partial charge >= 0.3 is 0 Å². The van der Waals surface area contributed by atoms with E-state index in [2.05, 4.69) is 40.8 Å². The molecule has 0 amide bonds. The van der Waals surface area contributed by atoms with Gasteiger partial charge in [0.2, 0.25) is 0 Å². The summed E-state index contributed by atoms with van der Waals surface area (Å²) in [5.74, 6) is 1.09. The van der Waals surface area contributed by atoms with Gasteiger partial charge in [0.1, 0.15) is 0 Å². The van der Waals surface area contributed by atoms with Crippen LogP contribution in [-0.2, 0) is 0 Å². The highest BCUT2D eigenvalue weighted by Crippen LogP contribution is 2.12. The second-order valence-electron chi connectivity index (χ2n) is 4.44. The third-order valence-electron chi connectivity index (χ3n) is 3.16. The summed E-state index contributed by atoms with van der Waals surface area (Å²) in [4.78, 5) is 2.38. The van der Waals surface area contributed by atoms with Crippen LogP contribution in [0.5, 0.6) is 0 Å². The lowest BCUT2D eigenvalue weighted by Crippen LogP contribution is -2.35. The molecule has 0 radical (unpaired) electrons.